The van der Waals surface area contributed by atoms with E-state index in [-0.39, 0.29) is 11.5 Å². The first-order valence-electron chi connectivity index (χ1n) is 8.96. The van der Waals surface area contributed by atoms with E-state index in [0.717, 1.165) is 6.42 Å². The van der Waals surface area contributed by atoms with Crippen LogP contribution in [0.5, 0.6) is 0 Å². The number of H-pyrrole nitrogens is 1. The Morgan fingerprint density at radius 3 is 2.65 bits per heavy atom. The summed E-state index contributed by atoms with van der Waals surface area (Å²) in [4.78, 5) is 29.2. The molecule has 0 radical (unpaired) electrons. The molecule has 0 saturated carbocycles. The minimum Gasteiger partial charge on any atom is -0.322 e. The summed E-state index contributed by atoms with van der Waals surface area (Å²) in [6.45, 7) is 3.99. The fraction of sp³-hybridized carbons (Fsp3) is 0.350. The largest absolute Gasteiger partial charge is 0.322 e. The van der Waals surface area contributed by atoms with Crippen LogP contribution in [0.4, 0.5) is 5.69 Å². The Bertz CT molecular complexity index is 983. The fourth-order valence-corrected chi connectivity index (χ4v) is 3.10. The van der Waals surface area contributed by atoms with Gasteiger partial charge in [0.2, 0.25) is 0 Å². The second kappa shape index (κ2) is 7.56. The number of anilines is 1. The van der Waals surface area contributed by atoms with Gasteiger partial charge in [0.15, 0.2) is 5.65 Å². The highest BCUT2D eigenvalue weighted by molar-refractivity contribution is 6.11. The van der Waals surface area contributed by atoms with Crippen molar-refractivity contribution in [3.05, 3.63) is 57.5 Å². The minimum atomic E-state index is -0.313. The highest BCUT2D eigenvalue weighted by Gasteiger charge is 2.17. The van der Waals surface area contributed by atoms with E-state index in [0.29, 0.717) is 28.0 Å². The van der Waals surface area contributed by atoms with Gasteiger partial charge >= 0.3 is 0 Å². The smallest absolute Gasteiger partial charge is 0.274 e. The van der Waals surface area contributed by atoms with Crippen molar-refractivity contribution in [2.45, 2.75) is 39.5 Å². The van der Waals surface area contributed by atoms with Crippen LogP contribution >= 0.6 is 0 Å². The van der Waals surface area contributed by atoms with Crippen LogP contribution in [0, 0.1) is 6.92 Å². The predicted molar refractivity (Wildman–Crippen MR) is 104 cm³/mol. The highest BCUT2D eigenvalue weighted by Crippen LogP contribution is 2.18. The number of fused-ring (bicyclic) bond motifs is 1. The monoisotopic (exact) mass is 352 g/mol. The maximum absolute atomic E-state index is 12.7. The third kappa shape index (κ3) is 3.69. The van der Waals surface area contributed by atoms with Gasteiger partial charge in [0.1, 0.15) is 0 Å². The maximum Gasteiger partial charge on any atom is 0.274 e. The lowest BCUT2D eigenvalue weighted by Crippen LogP contribution is -2.15. The van der Waals surface area contributed by atoms with Crippen LogP contribution in [0.25, 0.3) is 11.0 Å². The molecule has 0 unspecified atom stereocenters. The van der Waals surface area contributed by atoms with Gasteiger partial charge in [-0.05, 0) is 43.5 Å². The molecule has 2 N–H and O–H groups in total. The average molecular weight is 352 g/mol. The molecule has 2 aromatic heterocycles. The number of amides is 1. The van der Waals surface area contributed by atoms with Crippen molar-refractivity contribution in [2.24, 2.45) is 7.05 Å². The van der Waals surface area contributed by atoms with Crippen molar-refractivity contribution in [3.8, 4) is 0 Å². The van der Waals surface area contributed by atoms with E-state index in [9.17, 15) is 9.59 Å². The number of nitrogens with zero attached hydrogens (tertiary/aromatic N) is 2. The van der Waals surface area contributed by atoms with Gasteiger partial charge in [-0.1, -0.05) is 31.9 Å². The van der Waals surface area contributed by atoms with E-state index in [2.05, 4.69) is 22.3 Å². The normalized spacial score (nSPS) is 11.0. The molecule has 0 aliphatic rings. The van der Waals surface area contributed by atoms with E-state index < -0.39 is 0 Å². The van der Waals surface area contributed by atoms with E-state index in [1.807, 2.05) is 24.3 Å². The Hall–Kier alpha value is -2.89. The lowest BCUT2D eigenvalue weighted by Gasteiger charge is -2.08. The first kappa shape index (κ1) is 17.9. The van der Waals surface area contributed by atoms with Crippen LogP contribution < -0.4 is 10.9 Å². The van der Waals surface area contributed by atoms with Crippen LogP contribution in [-0.4, -0.2) is 20.7 Å². The Labute approximate surface area is 152 Å². The molecule has 0 fully saturated rings. The zero-order valence-corrected chi connectivity index (χ0v) is 15.4. The quantitative estimate of drug-likeness (QED) is 0.666. The summed E-state index contributed by atoms with van der Waals surface area (Å²) in [5.74, 6) is -0.309. The highest BCUT2D eigenvalue weighted by atomic mass is 16.2. The van der Waals surface area contributed by atoms with Gasteiger partial charge in [-0.2, -0.15) is 0 Å². The van der Waals surface area contributed by atoms with Crippen molar-refractivity contribution < 1.29 is 4.79 Å². The molecular formula is C20H24N4O2. The van der Waals surface area contributed by atoms with E-state index >= 15 is 0 Å². The zero-order valence-electron chi connectivity index (χ0n) is 15.4. The lowest BCUT2D eigenvalue weighted by atomic mass is 10.1. The van der Waals surface area contributed by atoms with Crippen molar-refractivity contribution >= 4 is 22.6 Å². The number of carbonyl (C=O) groups excluding carboxylic acids is 1. The summed E-state index contributed by atoms with van der Waals surface area (Å²) in [6, 6.07) is 9.52. The maximum atomic E-state index is 12.7. The van der Waals surface area contributed by atoms with Crippen LogP contribution in [0.15, 0.2) is 35.1 Å². The summed E-state index contributed by atoms with van der Waals surface area (Å²) >= 11 is 0. The van der Waals surface area contributed by atoms with Crippen molar-refractivity contribution in [2.75, 3.05) is 5.32 Å². The van der Waals surface area contributed by atoms with Gasteiger partial charge in [-0.25, -0.2) is 4.98 Å². The molecule has 1 amide bonds. The van der Waals surface area contributed by atoms with Crippen molar-refractivity contribution in [1.82, 2.24) is 14.8 Å². The lowest BCUT2D eigenvalue weighted by molar-refractivity contribution is 0.102. The summed E-state index contributed by atoms with van der Waals surface area (Å²) < 4.78 is 1.53. The predicted octanol–water partition coefficient (Wildman–Crippen LogP) is 3.56. The summed E-state index contributed by atoms with van der Waals surface area (Å²) in [6.07, 6.45) is 4.65. The molecule has 6 nitrogen and oxygen atoms in total. The van der Waals surface area contributed by atoms with Gasteiger partial charge in [-0.3, -0.25) is 19.4 Å². The molecule has 0 aliphatic heterocycles. The number of carbonyl (C=O) groups is 1. The third-order valence-electron chi connectivity index (χ3n) is 4.47. The van der Waals surface area contributed by atoms with Crippen molar-refractivity contribution in [1.29, 1.82) is 0 Å². The summed E-state index contributed by atoms with van der Waals surface area (Å²) in [5.41, 5.74) is 3.16. The molecule has 0 saturated heterocycles. The number of aryl methyl sites for hydroxylation is 3. The number of benzene rings is 1. The molecule has 6 heteroatoms. The van der Waals surface area contributed by atoms with Gasteiger partial charge in [0, 0.05) is 18.4 Å². The van der Waals surface area contributed by atoms with Gasteiger partial charge in [-0.15, -0.1) is 0 Å². The van der Waals surface area contributed by atoms with Gasteiger partial charge < -0.3 is 5.32 Å². The number of unbranched alkanes of at least 4 members (excludes halogenated alkanes) is 2. The van der Waals surface area contributed by atoms with E-state index in [1.54, 1.807) is 20.0 Å². The molecule has 26 heavy (non-hydrogen) atoms. The van der Waals surface area contributed by atoms with E-state index in [4.69, 9.17) is 0 Å². The third-order valence-corrected chi connectivity index (χ3v) is 4.47. The SMILES string of the molecule is CCCCCc1ccc(NC(=O)c2cc(C)nc3c2c(=O)[nH]n3C)cc1. The van der Waals surface area contributed by atoms with Gasteiger partial charge in [0.05, 0.1) is 10.9 Å². The number of hydrogen-bond donors (Lipinski definition) is 2. The Balaban J connectivity index is 1.82. The van der Waals surface area contributed by atoms with Crippen LogP contribution in [0.2, 0.25) is 0 Å². The number of rotatable bonds is 6. The standard InChI is InChI=1S/C20H24N4O2/c1-4-5-6-7-14-8-10-15(11-9-14)22-19(25)16-12-13(2)21-18-17(16)20(26)23-24(18)3/h8-12H,4-7H2,1-3H3,(H,22,25)(H,23,26). The second-order valence-electron chi connectivity index (χ2n) is 6.62. The number of aromatic nitrogens is 3. The molecule has 0 atom stereocenters. The Morgan fingerprint density at radius 1 is 1.23 bits per heavy atom. The van der Waals surface area contributed by atoms with E-state index in [1.165, 1.54) is 29.5 Å². The topological polar surface area (TPSA) is 79.8 Å². The molecule has 2 heterocycles. The molecule has 1 aromatic carbocycles. The first-order chi connectivity index (χ1) is 12.5. The molecule has 3 rings (SSSR count). The van der Waals surface area contributed by atoms with Crippen molar-refractivity contribution in [3.63, 3.8) is 0 Å². The second-order valence-corrected chi connectivity index (χ2v) is 6.62. The fourth-order valence-electron chi connectivity index (χ4n) is 3.10. The average Bonchev–Trinajstić information content (AvgIpc) is 2.90. The summed E-state index contributed by atoms with van der Waals surface area (Å²) in [5, 5.41) is 5.84. The number of aromatic amines is 1. The zero-order chi connectivity index (χ0) is 18.7. The Kier molecular flexibility index (Phi) is 5.21. The Morgan fingerprint density at radius 2 is 1.96 bits per heavy atom. The number of pyridine rings is 1. The molecule has 0 spiro atoms. The van der Waals surface area contributed by atoms with Crippen LogP contribution in [0.3, 0.4) is 0 Å². The molecule has 0 bridgehead atoms. The van der Waals surface area contributed by atoms with Gasteiger partial charge in [0.25, 0.3) is 11.5 Å². The van der Waals surface area contributed by atoms with Crippen LogP contribution in [-0.2, 0) is 13.5 Å². The molecular weight excluding hydrogens is 328 g/mol. The summed E-state index contributed by atoms with van der Waals surface area (Å²) in [7, 11) is 1.70. The van der Waals surface area contributed by atoms with Crippen LogP contribution in [0.1, 0.15) is 47.8 Å². The molecule has 3 aromatic rings. The first-order valence-corrected chi connectivity index (χ1v) is 8.96. The molecule has 0 aliphatic carbocycles. The minimum absolute atomic E-state index is 0.309. The number of nitrogens with one attached hydrogen (secondary N) is 2. The number of hydrogen-bond acceptors (Lipinski definition) is 3. The molecule has 136 valence electrons.